The Hall–Kier alpha value is -0.0900. The molecule has 0 aliphatic carbocycles. The Balaban J connectivity index is 3.24. The average molecular weight is 183 g/mol. The van der Waals surface area contributed by atoms with Gasteiger partial charge in [0.25, 0.3) is 0 Å². The van der Waals surface area contributed by atoms with Crippen LogP contribution in [0.1, 0.15) is 6.42 Å². The number of carbonyl (C=O) groups is 1. The third kappa shape index (κ3) is 4.08. The fraction of sp³-hybridized carbons (Fsp3) is 0.750. The summed E-state index contributed by atoms with van der Waals surface area (Å²) in [5.74, 6) is -0.902. The van der Waals surface area contributed by atoms with Crippen LogP contribution in [0.5, 0.6) is 0 Å². The number of carboxylic acid groups (broad SMARTS) is 1. The van der Waals surface area contributed by atoms with Gasteiger partial charge in [-0.2, -0.15) is 0 Å². The number of carboxylic acids is 1. The molecule has 2 N–H and O–H groups in total. The van der Waals surface area contributed by atoms with E-state index in [9.17, 15) is 4.79 Å². The highest BCUT2D eigenvalue weighted by atomic mass is 79.9. The maximum atomic E-state index is 9.83. The molecule has 0 unspecified atom stereocenters. The molecule has 0 saturated heterocycles. The summed E-state index contributed by atoms with van der Waals surface area (Å²) >= 11 is 2.95. The normalized spacial score (nSPS) is 13.2. The lowest BCUT2D eigenvalue weighted by atomic mass is 10.3. The Morgan fingerprint density at radius 2 is 2.25 bits per heavy atom. The van der Waals surface area contributed by atoms with Crippen molar-refractivity contribution < 1.29 is 15.0 Å². The minimum Gasteiger partial charge on any atom is -0.481 e. The molecule has 0 aliphatic heterocycles. The van der Waals surface area contributed by atoms with Crippen molar-refractivity contribution in [1.29, 1.82) is 0 Å². The highest BCUT2D eigenvalue weighted by Crippen LogP contribution is 2.02. The largest absolute Gasteiger partial charge is 0.481 e. The Morgan fingerprint density at radius 1 is 1.75 bits per heavy atom. The van der Waals surface area contributed by atoms with Crippen molar-refractivity contribution in [3.63, 3.8) is 0 Å². The van der Waals surface area contributed by atoms with Gasteiger partial charge >= 0.3 is 5.97 Å². The van der Waals surface area contributed by atoms with Crippen LogP contribution in [0.2, 0.25) is 0 Å². The molecule has 0 radical (unpaired) electrons. The molecule has 0 aromatic carbocycles. The quantitative estimate of drug-likeness (QED) is 0.615. The zero-order valence-electron chi connectivity index (χ0n) is 4.17. The number of aliphatic carboxylic acids is 1. The number of halogens is 1. The summed E-state index contributed by atoms with van der Waals surface area (Å²) in [5, 5.41) is 16.3. The van der Waals surface area contributed by atoms with Gasteiger partial charge in [-0.15, -0.1) is 0 Å². The lowest BCUT2D eigenvalue weighted by molar-refractivity contribution is -0.137. The summed E-state index contributed by atoms with van der Waals surface area (Å²) in [4.78, 5) is 9.52. The fourth-order valence-electron chi connectivity index (χ4n) is 0.254. The molecule has 4 heteroatoms. The van der Waals surface area contributed by atoms with E-state index in [4.69, 9.17) is 10.2 Å². The zero-order chi connectivity index (χ0) is 6.57. The third-order valence-electron chi connectivity index (χ3n) is 0.594. The first-order chi connectivity index (χ1) is 3.66. The molecule has 0 aromatic rings. The van der Waals surface area contributed by atoms with E-state index in [2.05, 4.69) is 15.9 Å². The van der Waals surface area contributed by atoms with E-state index in [0.717, 1.165) is 0 Å². The van der Waals surface area contributed by atoms with E-state index in [1.54, 1.807) is 0 Å². The predicted molar refractivity (Wildman–Crippen MR) is 32.1 cm³/mol. The number of rotatable bonds is 3. The minimum atomic E-state index is -0.902. The van der Waals surface area contributed by atoms with Gasteiger partial charge in [-0.05, 0) is 0 Å². The Morgan fingerprint density at radius 3 is 2.38 bits per heavy atom. The first-order valence-electron chi connectivity index (χ1n) is 2.13. The number of aliphatic hydroxyl groups excluding tert-OH is 1. The maximum Gasteiger partial charge on any atom is 0.304 e. The summed E-state index contributed by atoms with van der Waals surface area (Å²) in [5.41, 5.74) is 0. The molecule has 0 saturated carbocycles. The van der Waals surface area contributed by atoms with Crippen LogP contribution in [0.25, 0.3) is 0 Å². The Labute approximate surface area is 55.5 Å². The van der Waals surface area contributed by atoms with Crippen molar-refractivity contribution in [3.05, 3.63) is 0 Å². The van der Waals surface area contributed by atoms with E-state index in [0.29, 0.717) is 0 Å². The monoisotopic (exact) mass is 182 g/mol. The topological polar surface area (TPSA) is 57.5 Å². The second-order valence-corrected chi connectivity index (χ2v) is 2.67. The zero-order valence-corrected chi connectivity index (χ0v) is 5.76. The number of alkyl halides is 1. The van der Waals surface area contributed by atoms with Crippen LogP contribution in [0.4, 0.5) is 0 Å². The minimum absolute atomic E-state index is 0.0312. The van der Waals surface area contributed by atoms with E-state index in [1.165, 1.54) is 0 Å². The molecule has 3 nitrogen and oxygen atoms in total. The second kappa shape index (κ2) is 3.86. The highest BCUT2D eigenvalue weighted by molar-refractivity contribution is 9.09. The van der Waals surface area contributed by atoms with E-state index < -0.39 is 5.97 Å². The average Bonchev–Trinajstić information content (AvgIpc) is 1.65. The summed E-state index contributed by atoms with van der Waals surface area (Å²) in [6.45, 7) is -0.133. The van der Waals surface area contributed by atoms with Crippen LogP contribution in [0, 0.1) is 0 Å². The van der Waals surface area contributed by atoms with E-state index >= 15 is 0 Å². The fourth-order valence-corrected chi connectivity index (χ4v) is 0.531. The Kier molecular flexibility index (Phi) is 3.81. The molecule has 0 amide bonds. The van der Waals surface area contributed by atoms with Gasteiger partial charge in [-0.1, -0.05) is 15.9 Å². The smallest absolute Gasteiger partial charge is 0.304 e. The summed E-state index contributed by atoms with van der Waals surface area (Å²) < 4.78 is 0. The molecule has 0 heterocycles. The first kappa shape index (κ1) is 7.91. The van der Waals surface area contributed by atoms with Gasteiger partial charge in [-0.3, -0.25) is 4.79 Å². The van der Waals surface area contributed by atoms with Crippen LogP contribution >= 0.6 is 15.9 Å². The van der Waals surface area contributed by atoms with E-state index in [-0.39, 0.29) is 17.9 Å². The van der Waals surface area contributed by atoms with Gasteiger partial charge in [0, 0.05) is 4.83 Å². The molecule has 8 heavy (non-hydrogen) atoms. The van der Waals surface area contributed by atoms with Crippen LogP contribution in [0.15, 0.2) is 0 Å². The molecule has 0 bridgehead atoms. The molecule has 0 fully saturated rings. The first-order valence-corrected chi connectivity index (χ1v) is 3.05. The second-order valence-electron chi connectivity index (χ2n) is 1.38. The van der Waals surface area contributed by atoms with Crippen LogP contribution in [-0.4, -0.2) is 27.6 Å². The van der Waals surface area contributed by atoms with Crippen molar-refractivity contribution in [1.82, 2.24) is 0 Å². The molecule has 0 spiro atoms. The number of hydrogen-bond donors (Lipinski definition) is 2. The lowest BCUT2D eigenvalue weighted by Gasteiger charge is -1.98. The number of hydrogen-bond acceptors (Lipinski definition) is 2. The lowest BCUT2D eigenvalue weighted by Crippen LogP contribution is -2.09. The van der Waals surface area contributed by atoms with Crippen LogP contribution in [0.3, 0.4) is 0 Å². The van der Waals surface area contributed by atoms with Crippen molar-refractivity contribution >= 4 is 21.9 Å². The van der Waals surface area contributed by atoms with Crippen LogP contribution < -0.4 is 0 Å². The van der Waals surface area contributed by atoms with Crippen molar-refractivity contribution in [2.24, 2.45) is 0 Å². The highest BCUT2D eigenvalue weighted by Gasteiger charge is 2.05. The van der Waals surface area contributed by atoms with Gasteiger partial charge in [0.2, 0.25) is 0 Å². The molecule has 0 rings (SSSR count). The molecule has 0 aromatic heterocycles. The van der Waals surface area contributed by atoms with Crippen molar-refractivity contribution in [2.45, 2.75) is 11.2 Å². The SMILES string of the molecule is O=C(O)C[C@@H](Br)CO. The van der Waals surface area contributed by atoms with Gasteiger partial charge < -0.3 is 10.2 Å². The van der Waals surface area contributed by atoms with Crippen molar-refractivity contribution in [2.75, 3.05) is 6.61 Å². The predicted octanol–water partition coefficient (Wildman–Crippen LogP) is 0.217. The van der Waals surface area contributed by atoms with Crippen molar-refractivity contribution in [3.8, 4) is 0 Å². The van der Waals surface area contributed by atoms with Gasteiger partial charge in [-0.25, -0.2) is 0 Å². The van der Waals surface area contributed by atoms with E-state index in [1.807, 2.05) is 0 Å². The summed E-state index contributed by atoms with van der Waals surface area (Å²) in [7, 11) is 0. The number of aliphatic hydroxyl groups is 1. The van der Waals surface area contributed by atoms with Gasteiger partial charge in [0.15, 0.2) is 0 Å². The summed E-state index contributed by atoms with van der Waals surface area (Å²) in [6.07, 6.45) is -0.0312. The van der Waals surface area contributed by atoms with Gasteiger partial charge in [0.1, 0.15) is 0 Å². The third-order valence-corrected chi connectivity index (χ3v) is 1.21. The Bertz CT molecular complexity index is 83.4. The molecule has 0 aliphatic rings. The molecule has 1 atom stereocenters. The van der Waals surface area contributed by atoms with Gasteiger partial charge in [0.05, 0.1) is 13.0 Å². The summed E-state index contributed by atoms with van der Waals surface area (Å²) in [6, 6.07) is 0. The maximum absolute atomic E-state index is 9.83. The molecular formula is C4H7BrO3. The standard InChI is InChI=1S/C4H7BrO3/c5-3(2-6)1-4(7)8/h3,6H,1-2H2,(H,7,8)/t3-/m1/s1. The molecular weight excluding hydrogens is 176 g/mol. The molecule has 48 valence electrons. The van der Waals surface area contributed by atoms with Crippen LogP contribution in [-0.2, 0) is 4.79 Å².